The van der Waals surface area contributed by atoms with Gasteiger partial charge in [-0.05, 0) is 16.5 Å². The fraction of sp³-hybridized carbons (Fsp3) is 0.100. The molecule has 0 atom stereocenters. The molecule has 0 saturated carbocycles. The molecule has 1 nitrogen and oxygen atoms in total. The lowest BCUT2D eigenvalue weighted by atomic mass is 10.1. The summed E-state index contributed by atoms with van der Waals surface area (Å²) in [7, 11) is 0. The first-order valence-electron chi connectivity index (χ1n) is 3.66. The maximum Gasteiger partial charge on any atom is 0.160 e. The van der Waals surface area contributed by atoms with Crippen LogP contribution in [0.5, 0.6) is 0 Å². The Labute approximate surface area is 76.8 Å². The molecule has 1 aromatic rings. The number of fused-ring (bicyclic) bond motifs is 1. The molecular formula is C10H9ClO. The van der Waals surface area contributed by atoms with Crippen molar-refractivity contribution in [3.63, 3.8) is 0 Å². The van der Waals surface area contributed by atoms with E-state index in [1.165, 1.54) is 5.22 Å². The molecule has 0 fully saturated rings. The number of hydrogen-bond acceptors (Lipinski definition) is 1. The largest absolute Gasteiger partial charge is 0.294 e. The molecule has 0 aliphatic heterocycles. The number of Topliss-reactive ketones (excluding diaryl/α,β-unsaturated/α-hetero) is 1. The van der Waals surface area contributed by atoms with Gasteiger partial charge in [-0.25, -0.2) is 0 Å². The average molecular weight is 181 g/mol. The molecule has 1 aliphatic rings. The second-order valence-electron chi connectivity index (χ2n) is 2.65. The fourth-order valence-electron chi connectivity index (χ4n) is 1.27. The van der Waals surface area contributed by atoms with E-state index >= 15 is 0 Å². The van der Waals surface area contributed by atoms with Gasteiger partial charge in [0.1, 0.15) is 0 Å². The molecule has 0 unspecified atom stereocenters. The van der Waals surface area contributed by atoms with E-state index in [9.17, 15) is 4.79 Å². The highest BCUT2D eigenvalue weighted by atomic mass is 35.5. The monoisotopic (exact) mass is 180 g/mol. The molecule has 0 N–H and O–H groups in total. The number of halogens is 1. The number of rotatable bonds is 0. The summed E-state index contributed by atoms with van der Waals surface area (Å²) in [5.41, 5.74) is 0. The molecule has 1 aliphatic carbocycles. The molecule has 0 heterocycles. The van der Waals surface area contributed by atoms with Gasteiger partial charge < -0.3 is 0 Å². The van der Waals surface area contributed by atoms with Gasteiger partial charge in [0.25, 0.3) is 0 Å². The van der Waals surface area contributed by atoms with Crippen molar-refractivity contribution in [3.8, 4) is 0 Å². The topological polar surface area (TPSA) is 17.1 Å². The van der Waals surface area contributed by atoms with Crippen LogP contribution >= 0.6 is 12.4 Å². The quantitative estimate of drug-likeness (QED) is 0.573. The van der Waals surface area contributed by atoms with Crippen molar-refractivity contribution in [1.29, 1.82) is 0 Å². The SMILES string of the molecule is Cl.O=C1C=c2ccccc2=CC1. The van der Waals surface area contributed by atoms with Gasteiger partial charge in [-0.1, -0.05) is 30.3 Å². The van der Waals surface area contributed by atoms with E-state index in [2.05, 4.69) is 0 Å². The Morgan fingerprint density at radius 3 is 2.50 bits per heavy atom. The Hall–Kier alpha value is -1.08. The Morgan fingerprint density at radius 2 is 1.75 bits per heavy atom. The van der Waals surface area contributed by atoms with Gasteiger partial charge in [0, 0.05) is 6.42 Å². The van der Waals surface area contributed by atoms with Crippen LogP contribution in [0.1, 0.15) is 6.42 Å². The van der Waals surface area contributed by atoms with Crippen LogP contribution in [-0.2, 0) is 4.79 Å². The summed E-state index contributed by atoms with van der Waals surface area (Å²) < 4.78 is 0. The molecule has 2 heteroatoms. The first-order chi connectivity index (χ1) is 5.36. The minimum absolute atomic E-state index is 0. The summed E-state index contributed by atoms with van der Waals surface area (Å²) in [6.45, 7) is 0. The van der Waals surface area contributed by atoms with Crippen molar-refractivity contribution in [2.75, 3.05) is 0 Å². The lowest BCUT2D eigenvalue weighted by molar-refractivity contribution is -0.112. The zero-order valence-corrected chi connectivity index (χ0v) is 7.30. The Bertz CT molecular complexity index is 406. The third-order valence-electron chi connectivity index (χ3n) is 1.84. The van der Waals surface area contributed by atoms with Crippen LogP contribution in [0.4, 0.5) is 0 Å². The number of carbonyl (C=O) groups excluding carboxylic acids is 1. The average Bonchev–Trinajstić information content (AvgIpc) is 2.04. The van der Waals surface area contributed by atoms with Gasteiger partial charge in [0.15, 0.2) is 5.78 Å². The second kappa shape index (κ2) is 3.55. The van der Waals surface area contributed by atoms with Crippen molar-refractivity contribution in [1.82, 2.24) is 0 Å². The highest BCUT2D eigenvalue weighted by molar-refractivity contribution is 6.09. The van der Waals surface area contributed by atoms with E-state index in [1.807, 2.05) is 30.3 Å². The van der Waals surface area contributed by atoms with Crippen molar-refractivity contribution in [3.05, 3.63) is 34.7 Å². The molecule has 12 heavy (non-hydrogen) atoms. The van der Waals surface area contributed by atoms with Crippen molar-refractivity contribution in [2.45, 2.75) is 6.42 Å². The summed E-state index contributed by atoms with van der Waals surface area (Å²) in [4.78, 5) is 10.9. The minimum atomic E-state index is 0. The van der Waals surface area contributed by atoms with E-state index in [0.29, 0.717) is 6.42 Å². The van der Waals surface area contributed by atoms with Crippen LogP contribution < -0.4 is 10.4 Å². The van der Waals surface area contributed by atoms with E-state index < -0.39 is 0 Å². The van der Waals surface area contributed by atoms with Crippen LogP contribution in [0.2, 0.25) is 0 Å². The van der Waals surface area contributed by atoms with Crippen LogP contribution in [0.25, 0.3) is 12.2 Å². The van der Waals surface area contributed by atoms with E-state index in [1.54, 1.807) is 6.08 Å². The summed E-state index contributed by atoms with van der Waals surface area (Å²) in [6.07, 6.45) is 4.23. The van der Waals surface area contributed by atoms with Gasteiger partial charge in [0.05, 0.1) is 0 Å². The maximum absolute atomic E-state index is 10.9. The smallest absolute Gasteiger partial charge is 0.160 e. The number of ketones is 1. The van der Waals surface area contributed by atoms with Crippen molar-refractivity contribution in [2.24, 2.45) is 0 Å². The molecule has 0 saturated heterocycles. The summed E-state index contributed by atoms with van der Waals surface area (Å²) in [5.74, 6) is 0.198. The summed E-state index contributed by atoms with van der Waals surface area (Å²) in [6, 6.07) is 7.92. The molecular weight excluding hydrogens is 172 g/mol. The second-order valence-corrected chi connectivity index (χ2v) is 2.65. The van der Waals surface area contributed by atoms with Crippen molar-refractivity contribution < 1.29 is 4.79 Å². The Balaban J connectivity index is 0.000000720. The van der Waals surface area contributed by atoms with Crippen LogP contribution in [0.15, 0.2) is 24.3 Å². The maximum atomic E-state index is 10.9. The molecule has 0 spiro atoms. The number of hydrogen-bond donors (Lipinski definition) is 0. The third kappa shape index (κ3) is 1.56. The van der Waals surface area contributed by atoms with Gasteiger partial charge in [0.2, 0.25) is 0 Å². The van der Waals surface area contributed by atoms with Crippen LogP contribution in [0, 0.1) is 0 Å². The van der Waals surface area contributed by atoms with Crippen LogP contribution in [0.3, 0.4) is 0 Å². The molecule has 62 valence electrons. The third-order valence-corrected chi connectivity index (χ3v) is 1.84. The standard InChI is InChI=1S/C10H8O.ClH/c11-10-6-5-8-3-1-2-4-9(8)7-10;/h1-5,7H,6H2;1H. The minimum Gasteiger partial charge on any atom is -0.294 e. The highest BCUT2D eigenvalue weighted by Gasteiger charge is 1.98. The summed E-state index contributed by atoms with van der Waals surface area (Å²) in [5, 5.41) is 2.22. The van der Waals surface area contributed by atoms with E-state index in [-0.39, 0.29) is 18.2 Å². The molecule has 1 aromatic carbocycles. The number of carbonyl (C=O) groups is 1. The first-order valence-corrected chi connectivity index (χ1v) is 3.66. The van der Waals surface area contributed by atoms with Gasteiger partial charge in [-0.3, -0.25) is 4.79 Å². The zero-order chi connectivity index (χ0) is 7.68. The lowest BCUT2D eigenvalue weighted by Gasteiger charge is -1.96. The molecule has 0 bridgehead atoms. The molecule has 0 radical (unpaired) electrons. The molecule has 2 rings (SSSR count). The Kier molecular flexibility index (Phi) is 2.66. The Morgan fingerprint density at radius 1 is 1.08 bits per heavy atom. The first kappa shape index (κ1) is 9.01. The molecule has 0 amide bonds. The number of benzene rings is 1. The van der Waals surface area contributed by atoms with Gasteiger partial charge >= 0.3 is 0 Å². The van der Waals surface area contributed by atoms with Crippen molar-refractivity contribution >= 4 is 30.3 Å². The summed E-state index contributed by atoms with van der Waals surface area (Å²) >= 11 is 0. The predicted octanol–water partition coefficient (Wildman–Crippen LogP) is 0.642. The molecule has 0 aromatic heterocycles. The highest BCUT2D eigenvalue weighted by Crippen LogP contribution is 1.89. The van der Waals surface area contributed by atoms with Crippen LogP contribution in [-0.4, -0.2) is 5.78 Å². The van der Waals surface area contributed by atoms with E-state index in [0.717, 1.165) is 5.22 Å². The van der Waals surface area contributed by atoms with Gasteiger partial charge in [-0.2, -0.15) is 0 Å². The lowest BCUT2D eigenvalue weighted by Crippen LogP contribution is -2.28. The normalized spacial score (nSPS) is 13.5. The zero-order valence-electron chi connectivity index (χ0n) is 6.49. The van der Waals surface area contributed by atoms with Gasteiger partial charge in [-0.15, -0.1) is 12.4 Å². The fourth-order valence-corrected chi connectivity index (χ4v) is 1.27. The predicted molar refractivity (Wildman–Crippen MR) is 51.5 cm³/mol. The van der Waals surface area contributed by atoms with E-state index in [4.69, 9.17) is 0 Å².